The fourth-order valence-corrected chi connectivity index (χ4v) is 3.46. The van der Waals surface area contributed by atoms with E-state index in [2.05, 4.69) is 27.9 Å². The molecule has 2 N–H and O–H groups in total. The van der Waals surface area contributed by atoms with Crippen LogP contribution in [0.2, 0.25) is 0 Å². The Morgan fingerprint density at radius 3 is 2.44 bits per heavy atom. The maximum absolute atomic E-state index is 12.5. The molecule has 4 aromatic rings. The van der Waals surface area contributed by atoms with Crippen LogP contribution in [0.5, 0.6) is 0 Å². The summed E-state index contributed by atoms with van der Waals surface area (Å²) >= 11 is 0. The van der Waals surface area contributed by atoms with Crippen LogP contribution in [0.25, 0.3) is 16.6 Å². The predicted octanol–water partition coefficient (Wildman–Crippen LogP) is 4.57. The first-order valence-electron chi connectivity index (χ1n) is 10.7. The van der Waals surface area contributed by atoms with Crippen molar-refractivity contribution in [3.05, 3.63) is 90.1 Å². The van der Waals surface area contributed by atoms with Gasteiger partial charge in [0.05, 0.1) is 5.52 Å². The molecular weight excluding hydrogens is 400 g/mol. The summed E-state index contributed by atoms with van der Waals surface area (Å²) in [4.78, 5) is 24.5. The van der Waals surface area contributed by atoms with E-state index >= 15 is 0 Å². The van der Waals surface area contributed by atoms with Gasteiger partial charge in [0, 0.05) is 35.9 Å². The second kappa shape index (κ2) is 9.47. The Bertz CT molecular complexity index is 1230. The Labute approximate surface area is 187 Å². The Hall–Kier alpha value is -3.93. The molecule has 32 heavy (non-hydrogen) atoms. The number of carbonyl (C=O) groups is 2. The van der Waals surface area contributed by atoms with Gasteiger partial charge in [-0.25, -0.2) is 4.52 Å². The van der Waals surface area contributed by atoms with Gasteiger partial charge in [-0.1, -0.05) is 62.4 Å². The number of amides is 2. The molecule has 2 aromatic heterocycles. The number of hydrogen-bond acceptors (Lipinski definition) is 3. The van der Waals surface area contributed by atoms with E-state index in [0.717, 1.165) is 23.1 Å². The molecule has 2 amide bonds. The van der Waals surface area contributed by atoms with E-state index < -0.39 is 0 Å². The molecule has 0 unspecified atom stereocenters. The summed E-state index contributed by atoms with van der Waals surface area (Å²) in [5.41, 5.74) is 4.64. The SMILES string of the molecule is CC(C)C(=O)Nc1cc2c(-c3ccc(C(=O)NCCc4ccccc4)cc3)cccn2n1. The zero-order chi connectivity index (χ0) is 22.5. The van der Waals surface area contributed by atoms with Crippen molar-refractivity contribution in [3.8, 4) is 11.1 Å². The Morgan fingerprint density at radius 2 is 1.72 bits per heavy atom. The highest BCUT2D eigenvalue weighted by Crippen LogP contribution is 2.26. The van der Waals surface area contributed by atoms with E-state index in [-0.39, 0.29) is 17.7 Å². The molecule has 162 valence electrons. The van der Waals surface area contributed by atoms with Crippen molar-refractivity contribution in [1.82, 2.24) is 14.9 Å². The summed E-state index contributed by atoms with van der Waals surface area (Å²) in [5.74, 6) is 0.238. The maximum atomic E-state index is 12.5. The number of pyridine rings is 1. The maximum Gasteiger partial charge on any atom is 0.251 e. The molecule has 0 atom stereocenters. The standard InChI is InChI=1S/C26H26N4O2/c1-18(2)25(31)28-24-17-23-22(9-6-16-30(23)29-24)20-10-12-21(13-11-20)26(32)27-15-14-19-7-4-3-5-8-19/h3-13,16-18H,14-15H2,1-2H3,(H,27,32)(H,28,29,31). The highest BCUT2D eigenvalue weighted by molar-refractivity contribution is 5.95. The monoisotopic (exact) mass is 426 g/mol. The lowest BCUT2D eigenvalue weighted by Crippen LogP contribution is -2.25. The third-order valence-electron chi connectivity index (χ3n) is 5.28. The molecule has 6 nitrogen and oxygen atoms in total. The van der Waals surface area contributed by atoms with E-state index in [4.69, 9.17) is 0 Å². The zero-order valence-electron chi connectivity index (χ0n) is 18.2. The largest absolute Gasteiger partial charge is 0.352 e. The van der Waals surface area contributed by atoms with Crippen LogP contribution in [-0.2, 0) is 11.2 Å². The second-order valence-electron chi connectivity index (χ2n) is 7.99. The van der Waals surface area contributed by atoms with Crippen molar-refractivity contribution in [2.24, 2.45) is 5.92 Å². The molecule has 0 fully saturated rings. The molecule has 0 radical (unpaired) electrons. The Kier molecular flexibility index (Phi) is 6.31. The summed E-state index contributed by atoms with van der Waals surface area (Å²) in [6.45, 7) is 4.27. The summed E-state index contributed by atoms with van der Waals surface area (Å²) in [5, 5.41) is 10.3. The van der Waals surface area contributed by atoms with Crippen LogP contribution in [0.3, 0.4) is 0 Å². The van der Waals surface area contributed by atoms with Crippen LogP contribution < -0.4 is 10.6 Å². The van der Waals surface area contributed by atoms with Gasteiger partial charge in [0.2, 0.25) is 5.91 Å². The van der Waals surface area contributed by atoms with Crippen molar-refractivity contribution >= 4 is 23.1 Å². The first-order valence-corrected chi connectivity index (χ1v) is 10.7. The summed E-state index contributed by atoms with van der Waals surface area (Å²) in [7, 11) is 0. The Morgan fingerprint density at radius 1 is 0.969 bits per heavy atom. The lowest BCUT2D eigenvalue weighted by Gasteiger charge is -2.08. The number of fused-ring (bicyclic) bond motifs is 1. The van der Waals surface area contributed by atoms with Gasteiger partial charge < -0.3 is 10.6 Å². The van der Waals surface area contributed by atoms with Gasteiger partial charge in [0.15, 0.2) is 5.82 Å². The van der Waals surface area contributed by atoms with Gasteiger partial charge in [-0.15, -0.1) is 0 Å². The fourth-order valence-electron chi connectivity index (χ4n) is 3.46. The molecule has 4 rings (SSSR count). The van der Waals surface area contributed by atoms with E-state index in [1.165, 1.54) is 5.56 Å². The van der Waals surface area contributed by atoms with Gasteiger partial charge in [-0.05, 0) is 35.7 Å². The van der Waals surface area contributed by atoms with E-state index in [9.17, 15) is 9.59 Å². The molecule has 0 aliphatic heterocycles. The predicted molar refractivity (Wildman–Crippen MR) is 127 cm³/mol. The molecule has 0 aliphatic carbocycles. The number of aromatic nitrogens is 2. The molecule has 2 aromatic carbocycles. The van der Waals surface area contributed by atoms with Gasteiger partial charge in [-0.3, -0.25) is 9.59 Å². The van der Waals surface area contributed by atoms with Crippen LogP contribution in [0, 0.1) is 5.92 Å². The smallest absolute Gasteiger partial charge is 0.251 e. The zero-order valence-corrected chi connectivity index (χ0v) is 18.2. The van der Waals surface area contributed by atoms with Crippen LogP contribution in [-0.4, -0.2) is 28.0 Å². The molecule has 6 heteroatoms. The van der Waals surface area contributed by atoms with E-state index in [1.54, 1.807) is 4.52 Å². The van der Waals surface area contributed by atoms with Gasteiger partial charge >= 0.3 is 0 Å². The van der Waals surface area contributed by atoms with Crippen molar-refractivity contribution < 1.29 is 9.59 Å². The number of benzene rings is 2. The van der Waals surface area contributed by atoms with Crippen molar-refractivity contribution in [1.29, 1.82) is 0 Å². The minimum Gasteiger partial charge on any atom is -0.352 e. The number of anilines is 1. The first-order chi connectivity index (χ1) is 15.5. The molecule has 0 aliphatic rings. The average molecular weight is 427 g/mol. The minimum absolute atomic E-state index is 0.0717. The number of rotatable bonds is 7. The lowest BCUT2D eigenvalue weighted by atomic mass is 10.0. The average Bonchev–Trinajstić information content (AvgIpc) is 3.22. The van der Waals surface area contributed by atoms with Gasteiger partial charge in [-0.2, -0.15) is 5.10 Å². The summed E-state index contributed by atoms with van der Waals surface area (Å²) < 4.78 is 1.75. The third-order valence-corrected chi connectivity index (χ3v) is 5.28. The minimum atomic E-state index is -0.120. The second-order valence-corrected chi connectivity index (χ2v) is 7.99. The van der Waals surface area contributed by atoms with Crippen molar-refractivity contribution in [2.45, 2.75) is 20.3 Å². The molecular formula is C26H26N4O2. The number of nitrogens with zero attached hydrogens (tertiary/aromatic N) is 2. The van der Waals surface area contributed by atoms with Crippen LogP contribution in [0.1, 0.15) is 29.8 Å². The van der Waals surface area contributed by atoms with Crippen LogP contribution >= 0.6 is 0 Å². The summed E-state index contributed by atoms with van der Waals surface area (Å²) in [6, 6.07) is 23.4. The molecule has 0 bridgehead atoms. The van der Waals surface area contributed by atoms with E-state index in [0.29, 0.717) is 17.9 Å². The van der Waals surface area contributed by atoms with Crippen molar-refractivity contribution in [3.63, 3.8) is 0 Å². The number of hydrogen-bond donors (Lipinski definition) is 2. The molecule has 0 saturated carbocycles. The molecule has 0 spiro atoms. The molecule has 0 saturated heterocycles. The summed E-state index contributed by atoms with van der Waals surface area (Å²) in [6.07, 6.45) is 2.64. The lowest BCUT2D eigenvalue weighted by molar-refractivity contribution is -0.118. The highest BCUT2D eigenvalue weighted by atomic mass is 16.2. The number of carbonyl (C=O) groups excluding carboxylic acids is 2. The Balaban J connectivity index is 1.46. The van der Waals surface area contributed by atoms with Gasteiger partial charge in [0.1, 0.15) is 0 Å². The van der Waals surface area contributed by atoms with Crippen LogP contribution in [0.15, 0.2) is 79.0 Å². The van der Waals surface area contributed by atoms with E-state index in [1.807, 2.05) is 80.7 Å². The molecule has 2 heterocycles. The topological polar surface area (TPSA) is 75.5 Å². The highest BCUT2D eigenvalue weighted by Gasteiger charge is 2.13. The number of nitrogens with one attached hydrogen (secondary N) is 2. The quantitative estimate of drug-likeness (QED) is 0.455. The van der Waals surface area contributed by atoms with Gasteiger partial charge in [0.25, 0.3) is 5.91 Å². The normalized spacial score (nSPS) is 11.0. The fraction of sp³-hybridized carbons (Fsp3) is 0.192. The first kappa shape index (κ1) is 21.3. The van der Waals surface area contributed by atoms with Crippen LogP contribution in [0.4, 0.5) is 5.82 Å². The third kappa shape index (κ3) is 4.86. The van der Waals surface area contributed by atoms with Crippen molar-refractivity contribution in [2.75, 3.05) is 11.9 Å².